The van der Waals surface area contributed by atoms with Crippen LogP contribution in [-0.2, 0) is 14.8 Å². The highest BCUT2D eigenvalue weighted by Crippen LogP contribution is 2.18. The predicted molar refractivity (Wildman–Crippen MR) is 65.0 cm³/mol. The maximum atomic E-state index is 12.1. The van der Waals surface area contributed by atoms with E-state index in [0.29, 0.717) is 13.2 Å². The van der Waals surface area contributed by atoms with E-state index in [2.05, 4.69) is 4.72 Å². The Morgan fingerprint density at radius 2 is 2.12 bits per heavy atom. The van der Waals surface area contributed by atoms with E-state index in [1.165, 1.54) is 6.07 Å². The van der Waals surface area contributed by atoms with E-state index in [0.717, 1.165) is 12.8 Å². The van der Waals surface area contributed by atoms with Crippen molar-refractivity contribution in [2.24, 2.45) is 0 Å². The Labute approximate surface area is 101 Å². The molecule has 0 spiro atoms. The molecule has 0 saturated carbocycles. The van der Waals surface area contributed by atoms with Gasteiger partial charge >= 0.3 is 0 Å². The Morgan fingerprint density at radius 3 is 2.76 bits per heavy atom. The summed E-state index contributed by atoms with van der Waals surface area (Å²) in [4.78, 5) is 0.130. The van der Waals surface area contributed by atoms with E-state index in [1.807, 2.05) is 0 Å². The van der Waals surface area contributed by atoms with Crippen molar-refractivity contribution in [2.45, 2.75) is 23.8 Å². The fraction of sp³-hybridized carbons (Fsp3) is 0.455. The average Bonchev–Trinajstić information content (AvgIpc) is 2.30. The molecule has 1 unspecified atom stereocenters. The molecule has 0 bridgehead atoms. The van der Waals surface area contributed by atoms with Crippen LogP contribution in [0.15, 0.2) is 29.2 Å². The number of rotatable bonds is 3. The molecule has 94 valence electrons. The lowest BCUT2D eigenvalue weighted by atomic mass is 10.1. The van der Waals surface area contributed by atoms with Crippen molar-refractivity contribution in [1.82, 2.24) is 4.72 Å². The summed E-state index contributed by atoms with van der Waals surface area (Å²) >= 11 is 0. The zero-order chi connectivity index (χ0) is 12.3. The van der Waals surface area contributed by atoms with E-state index >= 15 is 0 Å². The molecular formula is C11H16N2O3S. The van der Waals surface area contributed by atoms with E-state index in [4.69, 9.17) is 10.5 Å². The minimum absolute atomic E-state index is 0.130. The van der Waals surface area contributed by atoms with Gasteiger partial charge in [-0.15, -0.1) is 0 Å². The Morgan fingerprint density at radius 1 is 1.35 bits per heavy atom. The number of ether oxygens (including phenoxy) is 1. The van der Waals surface area contributed by atoms with Crippen molar-refractivity contribution in [3.05, 3.63) is 24.3 Å². The van der Waals surface area contributed by atoms with E-state index in [9.17, 15) is 8.42 Å². The second-order valence-corrected chi connectivity index (χ2v) is 5.76. The van der Waals surface area contributed by atoms with Gasteiger partial charge in [0.1, 0.15) is 4.90 Å². The third-order valence-corrected chi connectivity index (χ3v) is 4.29. The van der Waals surface area contributed by atoms with Crippen LogP contribution in [-0.4, -0.2) is 27.7 Å². The molecule has 17 heavy (non-hydrogen) atoms. The quantitative estimate of drug-likeness (QED) is 0.781. The third kappa shape index (κ3) is 2.96. The summed E-state index contributed by atoms with van der Waals surface area (Å²) in [6.45, 7) is 1.12. The molecule has 1 heterocycles. The van der Waals surface area contributed by atoms with Gasteiger partial charge in [0.05, 0.1) is 12.3 Å². The number of nitrogens with two attached hydrogens (primary N) is 1. The van der Waals surface area contributed by atoms with Crippen LogP contribution in [0.1, 0.15) is 12.8 Å². The first kappa shape index (κ1) is 12.3. The fourth-order valence-corrected chi connectivity index (χ4v) is 3.23. The summed E-state index contributed by atoms with van der Waals surface area (Å²) < 4.78 is 32.0. The Balaban J connectivity index is 2.16. The van der Waals surface area contributed by atoms with Crippen molar-refractivity contribution >= 4 is 15.7 Å². The van der Waals surface area contributed by atoms with Crippen molar-refractivity contribution < 1.29 is 13.2 Å². The summed E-state index contributed by atoms with van der Waals surface area (Å²) in [5.41, 5.74) is 5.92. The predicted octanol–water partition coefficient (Wildman–Crippen LogP) is 0.726. The van der Waals surface area contributed by atoms with Crippen LogP contribution in [0, 0.1) is 0 Å². The standard InChI is InChI=1S/C11H16N2O3S/c12-10-5-1-2-6-11(10)17(14,15)13-9-4-3-7-16-8-9/h1-2,5-6,9,13H,3-4,7-8,12H2. The molecule has 1 aliphatic heterocycles. The maximum absolute atomic E-state index is 12.1. The second kappa shape index (κ2) is 5.03. The van der Waals surface area contributed by atoms with Gasteiger partial charge in [0.2, 0.25) is 10.0 Å². The van der Waals surface area contributed by atoms with E-state index in [-0.39, 0.29) is 16.6 Å². The highest BCUT2D eigenvalue weighted by Gasteiger charge is 2.23. The van der Waals surface area contributed by atoms with Crippen LogP contribution >= 0.6 is 0 Å². The van der Waals surface area contributed by atoms with Crippen LogP contribution in [0.2, 0.25) is 0 Å². The van der Waals surface area contributed by atoms with Crippen molar-refractivity contribution in [3.8, 4) is 0 Å². The number of anilines is 1. The van der Waals surface area contributed by atoms with Crippen LogP contribution in [0.5, 0.6) is 0 Å². The minimum atomic E-state index is -3.55. The lowest BCUT2D eigenvalue weighted by Gasteiger charge is -2.23. The maximum Gasteiger partial charge on any atom is 0.242 e. The van der Waals surface area contributed by atoms with Crippen LogP contribution in [0.4, 0.5) is 5.69 Å². The molecule has 3 N–H and O–H groups in total. The minimum Gasteiger partial charge on any atom is -0.398 e. The Bertz CT molecular complexity index is 481. The van der Waals surface area contributed by atoms with Gasteiger partial charge in [0, 0.05) is 12.6 Å². The van der Waals surface area contributed by atoms with E-state index in [1.54, 1.807) is 18.2 Å². The summed E-state index contributed by atoms with van der Waals surface area (Å²) in [7, 11) is -3.55. The van der Waals surface area contributed by atoms with Gasteiger partial charge in [-0.2, -0.15) is 0 Å². The molecule has 0 aliphatic carbocycles. The van der Waals surface area contributed by atoms with Crippen molar-refractivity contribution in [2.75, 3.05) is 18.9 Å². The fourth-order valence-electron chi connectivity index (χ4n) is 1.84. The van der Waals surface area contributed by atoms with E-state index < -0.39 is 10.0 Å². The number of para-hydroxylation sites is 1. The van der Waals surface area contributed by atoms with Crippen LogP contribution < -0.4 is 10.5 Å². The Kier molecular flexibility index (Phi) is 3.66. The number of nitrogens with one attached hydrogen (secondary N) is 1. The molecule has 6 heteroatoms. The number of nitrogen functional groups attached to an aromatic ring is 1. The first-order chi connectivity index (χ1) is 8.09. The van der Waals surface area contributed by atoms with Crippen molar-refractivity contribution in [3.63, 3.8) is 0 Å². The summed E-state index contributed by atoms with van der Waals surface area (Å²) in [5.74, 6) is 0. The van der Waals surface area contributed by atoms with Gasteiger partial charge in [-0.05, 0) is 25.0 Å². The molecule has 2 rings (SSSR count). The number of sulfonamides is 1. The summed E-state index contributed by atoms with van der Waals surface area (Å²) in [6, 6.07) is 6.28. The average molecular weight is 256 g/mol. The lowest BCUT2D eigenvalue weighted by Crippen LogP contribution is -2.40. The highest BCUT2D eigenvalue weighted by molar-refractivity contribution is 7.89. The number of benzene rings is 1. The number of hydrogen-bond acceptors (Lipinski definition) is 4. The smallest absolute Gasteiger partial charge is 0.242 e. The first-order valence-corrected chi connectivity index (χ1v) is 7.02. The molecule has 1 atom stereocenters. The molecule has 1 aromatic carbocycles. The summed E-state index contributed by atoms with van der Waals surface area (Å²) in [5, 5.41) is 0. The zero-order valence-corrected chi connectivity index (χ0v) is 10.2. The molecule has 0 radical (unpaired) electrons. The molecule has 0 amide bonds. The molecule has 5 nitrogen and oxygen atoms in total. The van der Waals surface area contributed by atoms with Gasteiger partial charge < -0.3 is 10.5 Å². The third-order valence-electron chi connectivity index (χ3n) is 2.69. The van der Waals surface area contributed by atoms with Gasteiger partial charge in [0.15, 0.2) is 0 Å². The monoisotopic (exact) mass is 256 g/mol. The second-order valence-electron chi connectivity index (χ2n) is 4.07. The molecule has 1 aromatic rings. The highest BCUT2D eigenvalue weighted by atomic mass is 32.2. The zero-order valence-electron chi connectivity index (χ0n) is 9.43. The topological polar surface area (TPSA) is 81.4 Å². The summed E-state index contributed by atoms with van der Waals surface area (Å²) in [6.07, 6.45) is 1.67. The van der Waals surface area contributed by atoms with Gasteiger partial charge in [-0.3, -0.25) is 0 Å². The molecule has 1 fully saturated rings. The first-order valence-electron chi connectivity index (χ1n) is 5.54. The molecule has 0 aromatic heterocycles. The molecule has 1 saturated heterocycles. The number of hydrogen-bond donors (Lipinski definition) is 2. The van der Waals surface area contributed by atoms with Crippen LogP contribution in [0.3, 0.4) is 0 Å². The molecule has 1 aliphatic rings. The van der Waals surface area contributed by atoms with Crippen LogP contribution in [0.25, 0.3) is 0 Å². The van der Waals surface area contributed by atoms with Gasteiger partial charge in [-0.1, -0.05) is 12.1 Å². The SMILES string of the molecule is Nc1ccccc1S(=O)(=O)NC1CCCOC1. The normalized spacial score (nSPS) is 21.3. The van der Waals surface area contributed by atoms with Gasteiger partial charge in [-0.25, -0.2) is 13.1 Å². The van der Waals surface area contributed by atoms with Crippen molar-refractivity contribution in [1.29, 1.82) is 0 Å². The lowest BCUT2D eigenvalue weighted by molar-refractivity contribution is 0.0774. The van der Waals surface area contributed by atoms with Gasteiger partial charge in [0.25, 0.3) is 0 Å². The molecular weight excluding hydrogens is 240 g/mol. The Hall–Kier alpha value is -1.11. The largest absolute Gasteiger partial charge is 0.398 e.